The molecule has 0 saturated carbocycles. The monoisotopic (exact) mass is 522 g/mol. The molecule has 7 heteroatoms. The summed E-state index contributed by atoms with van der Waals surface area (Å²) in [5.41, 5.74) is 0. The highest BCUT2D eigenvalue weighted by Gasteiger charge is 2.24. The number of rotatable bonds is 6. The van der Waals surface area contributed by atoms with Crippen molar-refractivity contribution in [3.63, 3.8) is 0 Å². The molecular formula is C22H43IN4O2. The number of nitrogens with one attached hydrogen (secondary N) is 1. The molecule has 3 atom stereocenters. The maximum Gasteiger partial charge on any atom is 0.193 e. The van der Waals surface area contributed by atoms with Gasteiger partial charge in [0.15, 0.2) is 5.96 Å². The summed E-state index contributed by atoms with van der Waals surface area (Å²) in [5.74, 6) is 2.69. The van der Waals surface area contributed by atoms with Crippen LogP contribution in [0.25, 0.3) is 0 Å². The Bertz CT molecular complexity index is 469. The van der Waals surface area contributed by atoms with E-state index >= 15 is 0 Å². The summed E-state index contributed by atoms with van der Waals surface area (Å²) >= 11 is 0. The minimum absolute atomic E-state index is 0. The third-order valence-electron chi connectivity index (χ3n) is 6.40. The van der Waals surface area contributed by atoms with Crippen LogP contribution in [0, 0.1) is 11.8 Å². The average molecular weight is 523 g/mol. The number of guanidine groups is 1. The molecule has 1 N–H and O–H groups in total. The molecule has 3 aliphatic heterocycles. The fraction of sp³-hybridized carbons (Fsp3) is 0.955. The molecule has 6 nitrogen and oxygen atoms in total. The number of halogens is 1. The number of piperidine rings is 2. The topological polar surface area (TPSA) is 49.3 Å². The summed E-state index contributed by atoms with van der Waals surface area (Å²) < 4.78 is 11.9. The second-order valence-electron chi connectivity index (χ2n) is 9.19. The molecule has 29 heavy (non-hydrogen) atoms. The molecule has 0 amide bonds. The van der Waals surface area contributed by atoms with Gasteiger partial charge in [-0.15, -0.1) is 24.0 Å². The molecule has 3 rings (SSSR count). The summed E-state index contributed by atoms with van der Waals surface area (Å²) in [5, 5.41) is 3.59. The second kappa shape index (κ2) is 13.3. The zero-order valence-electron chi connectivity index (χ0n) is 18.8. The van der Waals surface area contributed by atoms with E-state index in [9.17, 15) is 0 Å². The highest BCUT2D eigenvalue weighted by atomic mass is 127. The Morgan fingerprint density at radius 2 is 1.83 bits per heavy atom. The number of likely N-dealkylation sites (tertiary alicyclic amines) is 2. The van der Waals surface area contributed by atoms with E-state index in [1.54, 1.807) is 0 Å². The maximum atomic E-state index is 6.15. The third kappa shape index (κ3) is 8.50. The van der Waals surface area contributed by atoms with Crippen LogP contribution in [-0.4, -0.2) is 87.5 Å². The van der Waals surface area contributed by atoms with E-state index < -0.39 is 0 Å². The van der Waals surface area contributed by atoms with E-state index in [1.165, 1.54) is 32.4 Å². The van der Waals surface area contributed by atoms with Crippen molar-refractivity contribution in [1.82, 2.24) is 15.1 Å². The first-order valence-corrected chi connectivity index (χ1v) is 11.5. The first-order chi connectivity index (χ1) is 13.6. The molecule has 0 aromatic heterocycles. The van der Waals surface area contributed by atoms with Gasteiger partial charge in [-0.1, -0.05) is 13.8 Å². The van der Waals surface area contributed by atoms with E-state index in [-0.39, 0.29) is 24.0 Å². The van der Waals surface area contributed by atoms with Gasteiger partial charge in [-0.05, 0) is 50.4 Å². The highest BCUT2D eigenvalue weighted by molar-refractivity contribution is 14.0. The van der Waals surface area contributed by atoms with Crippen molar-refractivity contribution >= 4 is 29.9 Å². The molecular weight excluding hydrogens is 479 g/mol. The van der Waals surface area contributed by atoms with Gasteiger partial charge in [0, 0.05) is 52.9 Å². The Labute approximate surface area is 195 Å². The molecule has 0 aromatic rings. The van der Waals surface area contributed by atoms with Crippen molar-refractivity contribution in [2.45, 2.75) is 64.6 Å². The lowest BCUT2D eigenvalue weighted by Crippen LogP contribution is -2.49. The van der Waals surface area contributed by atoms with Crippen LogP contribution in [0.1, 0.15) is 52.4 Å². The largest absolute Gasteiger partial charge is 0.376 e. The molecule has 0 bridgehead atoms. The average Bonchev–Trinajstić information content (AvgIpc) is 2.70. The van der Waals surface area contributed by atoms with Crippen molar-refractivity contribution in [1.29, 1.82) is 0 Å². The van der Waals surface area contributed by atoms with Crippen LogP contribution in [0.3, 0.4) is 0 Å². The lowest BCUT2D eigenvalue weighted by molar-refractivity contribution is -0.0721. The van der Waals surface area contributed by atoms with E-state index in [1.807, 2.05) is 7.05 Å². The Morgan fingerprint density at radius 3 is 2.45 bits per heavy atom. The summed E-state index contributed by atoms with van der Waals surface area (Å²) in [6.07, 6.45) is 7.86. The smallest absolute Gasteiger partial charge is 0.193 e. The minimum Gasteiger partial charge on any atom is -0.376 e. The summed E-state index contributed by atoms with van der Waals surface area (Å²) in [7, 11) is 1.90. The normalized spacial score (nSPS) is 30.1. The first-order valence-electron chi connectivity index (χ1n) is 11.5. The fourth-order valence-corrected chi connectivity index (χ4v) is 5.05. The zero-order valence-corrected chi connectivity index (χ0v) is 21.1. The number of hydrogen-bond donors (Lipinski definition) is 1. The Hall–Kier alpha value is -0.120. The third-order valence-corrected chi connectivity index (χ3v) is 6.40. The van der Waals surface area contributed by atoms with Gasteiger partial charge in [0.1, 0.15) is 0 Å². The number of ether oxygens (including phenoxy) is 2. The van der Waals surface area contributed by atoms with Crippen molar-refractivity contribution in [2.75, 3.05) is 59.5 Å². The zero-order chi connectivity index (χ0) is 19.8. The van der Waals surface area contributed by atoms with E-state index in [2.05, 4.69) is 34.0 Å². The van der Waals surface area contributed by atoms with Gasteiger partial charge < -0.3 is 24.6 Å². The van der Waals surface area contributed by atoms with Crippen LogP contribution < -0.4 is 5.32 Å². The molecule has 0 aromatic carbocycles. The van der Waals surface area contributed by atoms with Crippen LogP contribution in [0.5, 0.6) is 0 Å². The van der Waals surface area contributed by atoms with E-state index in [0.29, 0.717) is 12.2 Å². The predicted octanol–water partition coefficient (Wildman–Crippen LogP) is 3.21. The molecule has 0 radical (unpaired) electrons. The van der Waals surface area contributed by atoms with Crippen LogP contribution in [0.4, 0.5) is 0 Å². The minimum atomic E-state index is 0. The van der Waals surface area contributed by atoms with Crippen LogP contribution in [-0.2, 0) is 9.47 Å². The number of nitrogens with zero attached hydrogens (tertiary/aromatic N) is 3. The summed E-state index contributed by atoms with van der Waals surface area (Å²) in [6.45, 7) is 13.0. The van der Waals surface area contributed by atoms with Gasteiger partial charge in [0.2, 0.25) is 0 Å². The molecule has 3 heterocycles. The lowest BCUT2D eigenvalue weighted by Gasteiger charge is -2.36. The number of aliphatic imine (C=N–C) groups is 1. The standard InChI is InChI=1S/C22H42N4O2.HI/c1-18-14-19(2)16-25(15-18)12-9-24-22(23-3)26-10-7-20(8-11-26)28-17-21-6-4-5-13-27-21;/h18-21H,4-17H2,1-3H3,(H,23,24);1H. The first kappa shape index (κ1) is 25.1. The quantitative estimate of drug-likeness (QED) is 0.330. The molecule has 3 fully saturated rings. The molecule has 0 spiro atoms. The fourth-order valence-electron chi connectivity index (χ4n) is 5.05. The van der Waals surface area contributed by atoms with Gasteiger partial charge in [0.05, 0.1) is 18.8 Å². The Balaban J connectivity index is 0.00000300. The molecule has 0 aliphatic carbocycles. The Morgan fingerprint density at radius 1 is 1.10 bits per heavy atom. The van der Waals surface area contributed by atoms with Gasteiger partial charge >= 0.3 is 0 Å². The lowest BCUT2D eigenvalue weighted by atomic mass is 9.92. The van der Waals surface area contributed by atoms with Crippen LogP contribution in [0.15, 0.2) is 4.99 Å². The SMILES string of the molecule is CN=C(NCCN1CC(C)CC(C)C1)N1CCC(OCC2CCCCO2)CC1.I. The summed E-state index contributed by atoms with van der Waals surface area (Å²) in [6, 6.07) is 0. The van der Waals surface area contributed by atoms with Crippen molar-refractivity contribution in [3.8, 4) is 0 Å². The van der Waals surface area contributed by atoms with Crippen LogP contribution >= 0.6 is 24.0 Å². The predicted molar refractivity (Wildman–Crippen MR) is 130 cm³/mol. The number of hydrogen-bond acceptors (Lipinski definition) is 4. The van der Waals surface area contributed by atoms with Gasteiger partial charge in [-0.2, -0.15) is 0 Å². The van der Waals surface area contributed by atoms with Crippen molar-refractivity contribution in [2.24, 2.45) is 16.8 Å². The molecule has 3 aliphatic rings. The van der Waals surface area contributed by atoms with Gasteiger partial charge in [-0.25, -0.2) is 0 Å². The van der Waals surface area contributed by atoms with Crippen molar-refractivity contribution < 1.29 is 9.47 Å². The van der Waals surface area contributed by atoms with Crippen LogP contribution in [0.2, 0.25) is 0 Å². The summed E-state index contributed by atoms with van der Waals surface area (Å²) in [4.78, 5) is 9.51. The molecule has 170 valence electrons. The maximum absolute atomic E-state index is 6.15. The molecule has 3 unspecified atom stereocenters. The van der Waals surface area contributed by atoms with E-state index in [4.69, 9.17) is 9.47 Å². The van der Waals surface area contributed by atoms with Gasteiger partial charge in [0.25, 0.3) is 0 Å². The Kier molecular flexibility index (Phi) is 11.6. The second-order valence-corrected chi connectivity index (χ2v) is 9.19. The highest BCUT2D eigenvalue weighted by Crippen LogP contribution is 2.20. The van der Waals surface area contributed by atoms with Gasteiger partial charge in [-0.3, -0.25) is 4.99 Å². The molecule has 3 saturated heterocycles. The van der Waals surface area contributed by atoms with Crippen molar-refractivity contribution in [3.05, 3.63) is 0 Å². The van der Waals surface area contributed by atoms with E-state index in [0.717, 1.165) is 76.5 Å².